The number of rotatable bonds is 3. The number of nitro benzene ring substituents is 1. The normalized spacial score (nSPS) is 12.9. The van der Waals surface area contributed by atoms with E-state index < -0.39 is 4.92 Å². The summed E-state index contributed by atoms with van der Waals surface area (Å²) in [5.74, 6) is 1.30. The molecule has 0 unspecified atom stereocenters. The van der Waals surface area contributed by atoms with Gasteiger partial charge in [-0.2, -0.15) is 5.10 Å². The predicted octanol–water partition coefficient (Wildman–Crippen LogP) is 5.23. The molecule has 33 heavy (non-hydrogen) atoms. The number of pyridine rings is 1. The van der Waals surface area contributed by atoms with Crippen LogP contribution in [0.25, 0.3) is 38.8 Å². The van der Waals surface area contributed by atoms with E-state index in [4.69, 9.17) is 14.6 Å². The number of nitro groups is 1. The number of benzene rings is 3. The van der Waals surface area contributed by atoms with Gasteiger partial charge in [0.05, 0.1) is 21.6 Å². The fourth-order valence-electron chi connectivity index (χ4n) is 4.17. The van der Waals surface area contributed by atoms with Gasteiger partial charge in [-0.25, -0.2) is 4.68 Å². The number of fused-ring (bicyclic) bond motifs is 4. The lowest BCUT2D eigenvalue weighted by Crippen LogP contribution is -2.15. The Morgan fingerprint density at radius 1 is 0.970 bits per heavy atom. The molecule has 0 amide bonds. The van der Waals surface area contributed by atoms with Gasteiger partial charge < -0.3 is 9.47 Å². The van der Waals surface area contributed by atoms with Crippen LogP contribution in [0.15, 0.2) is 66.9 Å². The first-order chi connectivity index (χ1) is 16.1. The highest BCUT2D eigenvalue weighted by Gasteiger charge is 2.21. The number of hydrogen-bond acceptors (Lipinski definition) is 6. The fraction of sp³-hybridized carbons (Fsp3) is 0.120. The third-order valence-electron chi connectivity index (χ3n) is 5.78. The monoisotopic (exact) mass is 438 g/mol. The van der Waals surface area contributed by atoms with Gasteiger partial charge in [0.2, 0.25) is 0 Å². The lowest BCUT2D eigenvalue weighted by Gasteiger charge is -2.19. The van der Waals surface area contributed by atoms with Gasteiger partial charge in [-0.1, -0.05) is 35.9 Å². The van der Waals surface area contributed by atoms with Crippen LogP contribution in [-0.2, 0) is 0 Å². The maximum absolute atomic E-state index is 11.4. The van der Waals surface area contributed by atoms with Crippen molar-refractivity contribution < 1.29 is 14.4 Å². The fourth-order valence-corrected chi connectivity index (χ4v) is 4.17. The average Bonchev–Trinajstić information content (AvgIpc) is 3.23. The summed E-state index contributed by atoms with van der Waals surface area (Å²) in [7, 11) is 0. The number of aromatic nitrogens is 3. The van der Waals surface area contributed by atoms with E-state index >= 15 is 0 Å². The van der Waals surface area contributed by atoms with Crippen molar-refractivity contribution in [2.45, 2.75) is 6.92 Å². The van der Waals surface area contributed by atoms with Crippen molar-refractivity contribution in [3.8, 4) is 28.4 Å². The number of ether oxygens (including phenoxy) is 2. The molecule has 1 aliphatic rings. The van der Waals surface area contributed by atoms with Crippen molar-refractivity contribution in [1.82, 2.24) is 14.8 Å². The van der Waals surface area contributed by atoms with Gasteiger partial charge >= 0.3 is 0 Å². The van der Waals surface area contributed by atoms with Gasteiger partial charge in [-0.3, -0.25) is 15.1 Å². The molecule has 0 N–H and O–H groups in total. The molecular weight excluding hydrogens is 420 g/mol. The molecule has 0 saturated carbocycles. The summed E-state index contributed by atoms with van der Waals surface area (Å²) in [6.45, 7) is 2.99. The minimum Gasteiger partial charge on any atom is -0.486 e. The van der Waals surface area contributed by atoms with Crippen LogP contribution in [0.2, 0.25) is 0 Å². The number of nitrogens with zero attached hydrogens (tertiary/aromatic N) is 4. The lowest BCUT2D eigenvalue weighted by molar-refractivity contribution is -0.384. The zero-order valence-corrected chi connectivity index (χ0v) is 17.7. The van der Waals surface area contributed by atoms with Gasteiger partial charge in [0.1, 0.15) is 18.9 Å². The Hall–Kier alpha value is -4.46. The molecule has 162 valence electrons. The molecular formula is C25H18N4O4. The number of non-ortho nitro benzene ring substituents is 1. The van der Waals surface area contributed by atoms with Gasteiger partial charge in [-0.15, -0.1) is 0 Å². The number of aryl methyl sites for hydroxylation is 1. The Morgan fingerprint density at radius 3 is 2.48 bits per heavy atom. The van der Waals surface area contributed by atoms with Crippen LogP contribution in [0.4, 0.5) is 5.69 Å². The minimum atomic E-state index is -0.405. The van der Waals surface area contributed by atoms with Crippen LogP contribution in [0.3, 0.4) is 0 Å². The van der Waals surface area contributed by atoms with Gasteiger partial charge in [0.15, 0.2) is 11.5 Å². The Kier molecular flexibility index (Phi) is 4.26. The van der Waals surface area contributed by atoms with E-state index in [0.717, 1.165) is 38.6 Å². The molecule has 8 nitrogen and oxygen atoms in total. The first kappa shape index (κ1) is 19.2. The third-order valence-corrected chi connectivity index (χ3v) is 5.78. The van der Waals surface area contributed by atoms with Crippen molar-refractivity contribution in [3.63, 3.8) is 0 Å². The Labute approximate surface area is 188 Å². The highest BCUT2D eigenvalue weighted by Crippen LogP contribution is 2.39. The summed E-state index contributed by atoms with van der Waals surface area (Å²) in [5.41, 5.74) is 4.96. The molecule has 0 aliphatic carbocycles. The summed E-state index contributed by atoms with van der Waals surface area (Å²) < 4.78 is 13.3. The van der Waals surface area contributed by atoms with Crippen LogP contribution in [0, 0.1) is 17.0 Å². The maximum atomic E-state index is 11.4. The molecule has 8 heteroatoms. The molecule has 0 spiro atoms. The van der Waals surface area contributed by atoms with E-state index in [9.17, 15) is 10.1 Å². The number of hydrogen-bond donors (Lipinski definition) is 0. The average molecular weight is 438 g/mol. The largest absolute Gasteiger partial charge is 0.486 e. The van der Waals surface area contributed by atoms with Crippen LogP contribution in [0.1, 0.15) is 5.56 Å². The molecule has 0 atom stereocenters. The van der Waals surface area contributed by atoms with Crippen molar-refractivity contribution in [1.29, 1.82) is 0 Å². The lowest BCUT2D eigenvalue weighted by atomic mass is 10.1. The molecule has 5 aromatic rings. The molecule has 1 aliphatic heterocycles. The molecule has 6 rings (SSSR count). The topological polar surface area (TPSA) is 92.3 Å². The zero-order valence-electron chi connectivity index (χ0n) is 17.7. The molecule has 0 fully saturated rings. The first-order valence-corrected chi connectivity index (χ1v) is 10.5. The Bertz CT molecular complexity index is 1560. The van der Waals surface area contributed by atoms with E-state index in [0.29, 0.717) is 30.4 Å². The van der Waals surface area contributed by atoms with Crippen molar-refractivity contribution in [3.05, 3.63) is 82.5 Å². The van der Waals surface area contributed by atoms with Gasteiger partial charge in [0.25, 0.3) is 5.69 Å². The molecule has 0 bridgehead atoms. The van der Waals surface area contributed by atoms with E-state index in [1.807, 2.05) is 49.4 Å². The van der Waals surface area contributed by atoms with E-state index in [1.165, 1.54) is 12.1 Å². The molecule has 2 aromatic heterocycles. The van der Waals surface area contributed by atoms with Crippen LogP contribution < -0.4 is 9.47 Å². The Morgan fingerprint density at radius 2 is 1.73 bits per heavy atom. The molecule has 3 heterocycles. The Balaban J connectivity index is 1.69. The molecule has 0 radical (unpaired) electrons. The zero-order chi connectivity index (χ0) is 22.5. The van der Waals surface area contributed by atoms with Crippen LogP contribution in [-0.4, -0.2) is 32.9 Å². The van der Waals surface area contributed by atoms with Crippen molar-refractivity contribution in [2.24, 2.45) is 0 Å². The smallest absolute Gasteiger partial charge is 0.271 e. The summed E-state index contributed by atoms with van der Waals surface area (Å²) in [4.78, 5) is 15.7. The highest BCUT2D eigenvalue weighted by molar-refractivity contribution is 6.09. The van der Waals surface area contributed by atoms with Crippen LogP contribution in [0.5, 0.6) is 11.5 Å². The summed E-state index contributed by atoms with van der Waals surface area (Å²) in [5, 5.41) is 18.0. The summed E-state index contributed by atoms with van der Waals surface area (Å²) in [6.07, 6.45) is 1.80. The van der Waals surface area contributed by atoms with Crippen LogP contribution >= 0.6 is 0 Å². The molecule has 0 saturated heterocycles. The highest BCUT2D eigenvalue weighted by atomic mass is 16.6. The minimum absolute atomic E-state index is 0.000472. The van der Waals surface area contributed by atoms with E-state index in [1.54, 1.807) is 16.9 Å². The van der Waals surface area contributed by atoms with Gasteiger partial charge in [-0.05, 0) is 19.1 Å². The van der Waals surface area contributed by atoms with E-state index in [2.05, 4.69) is 4.98 Å². The second-order valence-electron chi connectivity index (χ2n) is 7.94. The van der Waals surface area contributed by atoms with E-state index in [-0.39, 0.29) is 5.69 Å². The molecule has 3 aromatic carbocycles. The first-order valence-electron chi connectivity index (χ1n) is 10.5. The van der Waals surface area contributed by atoms with Crippen molar-refractivity contribution in [2.75, 3.05) is 13.2 Å². The summed E-state index contributed by atoms with van der Waals surface area (Å²) in [6, 6.07) is 18.3. The second kappa shape index (κ2) is 7.30. The second-order valence-corrected chi connectivity index (χ2v) is 7.94. The SMILES string of the molecule is Cc1ccc(-c2nn(-c3cccc([N+](=O)[O-])c3)c3c2cnc2cc4c(cc23)OCCO4)cc1. The van der Waals surface area contributed by atoms with Crippen molar-refractivity contribution >= 4 is 27.5 Å². The standard InChI is InChI=1S/C25H18N4O4/c1-15-5-7-16(8-6-15)24-20-14-26-21-13-23-22(32-9-10-33-23)12-19(21)25(20)28(27-24)17-3-2-4-18(11-17)29(30)31/h2-8,11-14H,9-10H2,1H3. The quantitative estimate of drug-likeness (QED) is 0.283. The van der Waals surface area contributed by atoms with Gasteiger partial charge in [0, 0.05) is 40.7 Å². The predicted molar refractivity (Wildman–Crippen MR) is 124 cm³/mol. The maximum Gasteiger partial charge on any atom is 0.271 e. The third kappa shape index (κ3) is 3.15. The summed E-state index contributed by atoms with van der Waals surface area (Å²) >= 11 is 0.